The van der Waals surface area contributed by atoms with E-state index in [4.69, 9.17) is 4.74 Å². The maximum Gasteiger partial charge on any atom is 0.103 e. The highest BCUT2D eigenvalue weighted by Gasteiger charge is 2.32. The molecular formula is C12H16BrNO. The van der Waals surface area contributed by atoms with Crippen molar-refractivity contribution in [1.82, 2.24) is 5.32 Å². The van der Waals surface area contributed by atoms with E-state index in [-0.39, 0.29) is 11.7 Å². The normalized spacial score (nSPS) is 31.5. The first kappa shape index (κ1) is 11.1. The van der Waals surface area contributed by atoms with Crippen LogP contribution in [-0.2, 0) is 10.3 Å². The van der Waals surface area contributed by atoms with E-state index in [0.717, 1.165) is 17.6 Å². The lowest BCUT2D eigenvalue weighted by molar-refractivity contribution is -0.102. The predicted molar refractivity (Wildman–Crippen MR) is 64.9 cm³/mol. The van der Waals surface area contributed by atoms with Crippen molar-refractivity contribution in [2.75, 3.05) is 13.1 Å². The highest BCUT2D eigenvalue weighted by atomic mass is 79.9. The second-order valence-corrected chi connectivity index (χ2v) is 5.21. The van der Waals surface area contributed by atoms with E-state index in [1.165, 1.54) is 5.56 Å². The van der Waals surface area contributed by atoms with Gasteiger partial charge >= 0.3 is 0 Å². The number of morpholine rings is 1. The summed E-state index contributed by atoms with van der Waals surface area (Å²) in [4.78, 5) is 0. The van der Waals surface area contributed by atoms with Crippen LogP contribution in [0.1, 0.15) is 19.4 Å². The quantitative estimate of drug-likeness (QED) is 0.847. The molecule has 0 radical (unpaired) electrons. The molecule has 1 aliphatic heterocycles. The molecule has 0 aromatic heterocycles. The molecule has 2 nitrogen and oxygen atoms in total. The number of rotatable bonds is 1. The summed E-state index contributed by atoms with van der Waals surface area (Å²) in [5, 5.41) is 3.40. The molecule has 1 aliphatic rings. The zero-order valence-electron chi connectivity index (χ0n) is 9.09. The highest BCUT2D eigenvalue weighted by Crippen LogP contribution is 2.29. The van der Waals surface area contributed by atoms with Gasteiger partial charge in [0.15, 0.2) is 0 Å². The van der Waals surface area contributed by atoms with Crippen molar-refractivity contribution in [2.45, 2.75) is 25.6 Å². The first-order valence-corrected chi connectivity index (χ1v) is 6.04. The Bertz CT molecular complexity index is 338. The van der Waals surface area contributed by atoms with Gasteiger partial charge < -0.3 is 10.1 Å². The van der Waals surface area contributed by atoms with Crippen LogP contribution >= 0.6 is 15.9 Å². The summed E-state index contributed by atoms with van der Waals surface area (Å²) in [6.45, 7) is 6.05. The fourth-order valence-corrected chi connectivity index (χ4v) is 2.28. The van der Waals surface area contributed by atoms with Crippen molar-refractivity contribution in [2.24, 2.45) is 0 Å². The van der Waals surface area contributed by atoms with E-state index in [0.29, 0.717) is 0 Å². The second kappa shape index (κ2) is 4.24. The molecule has 0 bridgehead atoms. The molecule has 1 heterocycles. The molecule has 0 amide bonds. The van der Waals surface area contributed by atoms with Crippen molar-refractivity contribution >= 4 is 15.9 Å². The van der Waals surface area contributed by atoms with Gasteiger partial charge in [0, 0.05) is 17.6 Å². The largest absolute Gasteiger partial charge is 0.365 e. The average Bonchev–Trinajstić information content (AvgIpc) is 2.18. The monoisotopic (exact) mass is 269 g/mol. The molecule has 1 N–H and O–H groups in total. The standard InChI is InChI=1S/C12H16BrNO/c1-9-7-14-8-12(2,15-9)10-3-5-11(13)6-4-10/h3-6,9,14H,7-8H2,1-2H3. The lowest BCUT2D eigenvalue weighted by Gasteiger charge is -2.38. The lowest BCUT2D eigenvalue weighted by atomic mass is 9.94. The molecule has 2 rings (SSSR count). The van der Waals surface area contributed by atoms with Gasteiger partial charge in [0.25, 0.3) is 0 Å². The minimum absolute atomic E-state index is 0.196. The molecule has 1 aromatic carbocycles. The molecule has 0 saturated carbocycles. The fraction of sp³-hybridized carbons (Fsp3) is 0.500. The van der Waals surface area contributed by atoms with Crippen molar-refractivity contribution in [3.05, 3.63) is 34.3 Å². The molecule has 3 heteroatoms. The van der Waals surface area contributed by atoms with Crippen LogP contribution in [-0.4, -0.2) is 19.2 Å². The van der Waals surface area contributed by atoms with Gasteiger partial charge in [-0.3, -0.25) is 0 Å². The number of hydrogen-bond donors (Lipinski definition) is 1. The summed E-state index contributed by atoms with van der Waals surface area (Å²) in [6, 6.07) is 8.35. The Morgan fingerprint density at radius 3 is 2.67 bits per heavy atom. The number of hydrogen-bond acceptors (Lipinski definition) is 2. The van der Waals surface area contributed by atoms with Crippen LogP contribution in [0.2, 0.25) is 0 Å². The summed E-state index contributed by atoms with van der Waals surface area (Å²) in [5.74, 6) is 0. The van der Waals surface area contributed by atoms with Gasteiger partial charge in [0.1, 0.15) is 5.60 Å². The van der Waals surface area contributed by atoms with Crippen LogP contribution in [0.5, 0.6) is 0 Å². The van der Waals surface area contributed by atoms with Gasteiger partial charge in [-0.25, -0.2) is 0 Å². The molecule has 1 saturated heterocycles. The third-order valence-electron chi connectivity index (χ3n) is 2.81. The summed E-state index contributed by atoms with van der Waals surface area (Å²) in [5.41, 5.74) is 1.03. The SMILES string of the molecule is CC1CNCC(C)(c2ccc(Br)cc2)O1. The van der Waals surface area contributed by atoms with Crippen LogP contribution in [0.15, 0.2) is 28.7 Å². The molecule has 1 aromatic rings. The molecule has 0 spiro atoms. The summed E-state index contributed by atoms with van der Waals surface area (Å²) < 4.78 is 7.13. The molecule has 15 heavy (non-hydrogen) atoms. The predicted octanol–water partition coefficient (Wildman–Crippen LogP) is 2.67. The maximum absolute atomic E-state index is 6.02. The first-order valence-electron chi connectivity index (χ1n) is 5.25. The van der Waals surface area contributed by atoms with E-state index >= 15 is 0 Å². The number of benzene rings is 1. The van der Waals surface area contributed by atoms with Crippen LogP contribution in [0.4, 0.5) is 0 Å². The van der Waals surface area contributed by atoms with Crippen molar-refractivity contribution in [1.29, 1.82) is 0 Å². The Hall–Kier alpha value is -0.380. The van der Waals surface area contributed by atoms with E-state index in [2.05, 4.69) is 59.4 Å². The molecule has 2 unspecified atom stereocenters. The van der Waals surface area contributed by atoms with Gasteiger partial charge in [0.05, 0.1) is 6.10 Å². The van der Waals surface area contributed by atoms with Gasteiger partial charge in [-0.1, -0.05) is 28.1 Å². The fourth-order valence-electron chi connectivity index (χ4n) is 2.01. The van der Waals surface area contributed by atoms with Gasteiger partial charge in [-0.2, -0.15) is 0 Å². The molecular weight excluding hydrogens is 254 g/mol. The highest BCUT2D eigenvalue weighted by molar-refractivity contribution is 9.10. The number of halogens is 1. The Morgan fingerprint density at radius 2 is 2.07 bits per heavy atom. The van der Waals surface area contributed by atoms with Crippen molar-refractivity contribution in [3.63, 3.8) is 0 Å². The van der Waals surface area contributed by atoms with Gasteiger partial charge in [0.2, 0.25) is 0 Å². The molecule has 0 aliphatic carbocycles. The van der Waals surface area contributed by atoms with Gasteiger partial charge in [-0.15, -0.1) is 0 Å². The van der Waals surface area contributed by atoms with E-state index in [1.54, 1.807) is 0 Å². The van der Waals surface area contributed by atoms with E-state index < -0.39 is 0 Å². The number of ether oxygens (including phenoxy) is 1. The van der Waals surface area contributed by atoms with Crippen LogP contribution in [0.3, 0.4) is 0 Å². The third-order valence-corrected chi connectivity index (χ3v) is 3.34. The topological polar surface area (TPSA) is 21.3 Å². The van der Waals surface area contributed by atoms with Crippen LogP contribution in [0, 0.1) is 0 Å². The van der Waals surface area contributed by atoms with E-state index in [9.17, 15) is 0 Å². The minimum atomic E-state index is -0.196. The summed E-state index contributed by atoms with van der Waals surface area (Å²) in [6.07, 6.45) is 0.271. The third kappa shape index (κ3) is 2.41. The lowest BCUT2D eigenvalue weighted by Crippen LogP contribution is -2.49. The first-order chi connectivity index (χ1) is 7.10. The molecule has 2 atom stereocenters. The zero-order valence-corrected chi connectivity index (χ0v) is 10.7. The van der Waals surface area contributed by atoms with Gasteiger partial charge in [-0.05, 0) is 31.5 Å². The number of nitrogens with one attached hydrogen (secondary N) is 1. The molecule has 1 fully saturated rings. The van der Waals surface area contributed by atoms with Crippen molar-refractivity contribution < 1.29 is 4.74 Å². The summed E-state index contributed by atoms with van der Waals surface area (Å²) in [7, 11) is 0. The Morgan fingerprint density at radius 1 is 1.40 bits per heavy atom. The van der Waals surface area contributed by atoms with Crippen molar-refractivity contribution in [3.8, 4) is 0 Å². The minimum Gasteiger partial charge on any atom is -0.365 e. The Labute approximate surface area is 99.1 Å². The Kier molecular flexibility index (Phi) is 3.14. The maximum atomic E-state index is 6.02. The van der Waals surface area contributed by atoms with Crippen LogP contribution in [0.25, 0.3) is 0 Å². The Balaban J connectivity index is 2.24. The average molecular weight is 270 g/mol. The summed E-state index contributed by atoms with van der Waals surface area (Å²) >= 11 is 3.44. The second-order valence-electron chi connectivity index (χ2n) is 4.30. The zero-order chi connectivity index (χ0) is 10.9. The molecule has 82 valence electrons. The van der Waals surface area contributed by atoms with E-state index in [1.807, 2.05) is 0 Å². The van der Waals surface area contributed by atoms with Crippen LogP contribution < -0.4 is 5.32 Å². The smallest absolute Gasteiger partial charge is 0.103 e.